The van der Waals surface area contributed by atoms with Gasteiger partial charge in [-0.05, 0) is 19.3 Å². The Morgan fingerprint density at radius 3 is 2.88 bits per heavy atom. The number of amides is 2. The summed E-state index contributed by atoms with van der Waals surface area (Å²) in [6, 6.07) is 0. The van der Waals surface area contributed by atoms with Gasteiger partial charge in [-0.3, -0.25) is 14.6 Å². The summed E-state index contributed by atoms with van der Waals surface area (Å²) in [5.41, 5.74) is 5.37. The van der Waals surface area contributed by atoms with Crippen LogP contribution < -0.4 is 5.73 Å². The number of nitrogens with zero attached hydrogens (tertiary/aromatic N) is 3. The second kappa shape index (κ2) is 6.22. The normalized spacial score (nSPS) is 20.5. The largest absolute Gasteiger partial charge is 0.388 e. The number of aliphatic imine (C=N–C) groups is 1. The number of likely N-dealkylation sites (N-methyl/N-ethyl adjacent to an activating group) is 1. The first-order chi connectivity index (χ1) is 8.02. The first kappa shape index (κ1) is 13.5. The van der Waals surface area contributed by atoms with E-state index in [0.717, 1.165) is 25.9 Å². The van der Waals surface area contributed by atoms with Crippen LogP contribution in [0.3, 0.4) is 0 Å². The third-order valence-electron chi connectivity index (χ3n) is 2.89. The van der Waals surface area contributed by atoms with Crippen LogP contribution in [0, 0.1) is 5.92 Å². The van der Waals surface area contributed by atoms with E-state index < -0.39 is 0 Å². The molecule has 1 saturated heterocycles. The molecule has 2 amide bonds. The molecule has 6 nitrogen and oxygen atoms in total. The van der Waals surface area contributed by atoms with Crippen LogP contribution >= 0.6 is 0 Å². The van der Waals surface area contributed by atoms with Crippen molar-refractivity contribution in [1.82, 2.24) is 9.80 Å². The lowest BCUT2D eigenvalue weighted by atomic mass is 10.1. The van der Waals surface area contributed by atoms with Gasteiger partial charge in [-0.1, -0.05) is 0 Å². The molecular formula is C11H20N4O2. The van der Waals surface area contributed by atoms with Gasteiger partial charge in [0.05, 0.1) is 5.84 Å². The van der Waals surface area contributed by atoms with Gasteiger partial charge in [-0.25, -0.2) is 0 Å². The first-order valence-corrected chi connectivity index (χ1v) is 5.72. The number of carbonyl (C=O) groups is 2. The van der Waals surface area contributed by atoms with E-state index in [1.807, 2.05) is 0 Å². The van der Waals surface area contributed by atoms with Crippen LogP contribution in [-0.2, 0) is 9.59 Å². The van der Waals surface area contributed by atoms with E-state index in [-0.39, 0.29) is 12.5 Å². The minimum atomic E-state index is -0.0423. The molecule has 1 aliphatic heterocycles. The third kappa shape index (κ3) is 4.42. The smallest absolute Gasteiger partial charge is 0.244 e. The molecule has 96 valence electrons. The Labute approximate surface area is 101 Å². The Balaban J connectivity index is 2.34. The topological polar surface area (TPSA) is 79.0 Å². The number of nitrogens with two attached hydrogens (primary N) is 1. The van der Waals surface area contributed by atoms with E-state index in [9.17, 15) is 9.59 Å². The predicted octanol–water partition coefficient (Wildman–Crippen LogP) is -0.700. The lowest BCUT2D eigenvalue weighted by Gasteiger charge is -2.20. The maximum absolute atomic E-state index is 11.7. The van der Waals surface area contributed by atoms with Gasteiger partial charge in [0.1, 0.15) is 6.54 Å². The summed E-state index contributed by atoms with van der Waals surface area (Å²) < 4.78 is 0. The van der Waals surface area contributed by atoms with Crippen LogP contribution in [0.1, 0.15) is 13.3 Å². The highest BCUT2D eigenvalue weighted by Gasteiger charge is 2.23. The average molecular weight is 240 g/mol. The second-order valence-corrected chi connectivity index (χ2v) is 4.49. The summed E-state index contributed by atoms with van der Waals surface area (Å²) in [6.07, 6.45) is 1.82. The highest BCUT2D eigenvalue weighted by atomic mass is 16.2. The van der Waals surface area contributed by atoms with Crippen LogP contribution in [0.25, 0.3) is 0 Å². The lowest BCUT2D eigenvalue weighted by molar-refractivity contribution is -0.128. The van der Waals surface area contributed by atoms with Gasteiger partial charge in [0.25, 0.3) is 0 Å². The molecule has 1 heterocycles. The van der Waals surface area contributed by atoms with Crippen LogP contribution in [0.2, 0.25) is 0 Å². The van der Waals surface area contributed by atoms with Gasteiger partial charge >= 0.3 is 0 Å². The van der Waals surface area contributed by atoms with Gasteiger partial charge in [0.2, 0.25) is 12.3 Å². The van der Waals surface area contributed by atoms with E-state index in [0.29, 0.717) is 18.3 Å². The Morgan fingerprint density at radius 1 is 1.65 bits per heavy atom. The maximum Gasteiger partial charge on any atom is 0.244 e. The molecule has 1 aliphatic rings. The van der Waals surface area contributed by atoms with Crippen molar-refractivity contribution in [2.45, 2.75) is 13.3 Å². The molecule has 0 aliphatic carbocycles. The molecule has 17 heavy (non-hydrogen) atoms. The van der Waals surface area contributed by atoms with Crippen molar-refractivity contribution in [2.75, 3.05) is 33.2 Å². The van der Waals surface area contributed by atoms with E-state index in [2.05, 4.69) is 4.99 Å². The fourth-order valence-corrected chi connectivity index (χ4v) is 1.91. The van der Waals surface area contributed by atoms with Crippen LogP contribution in [-0.4, -0.2) is 61.2 Å². The molecule has 0 aromatic heterocycles. The Bertz CT molecular complexity index is 313. The molecule has 0 aromatic carbocycles. The van der Waals surface area contributed by atoms with Gasteiger partial charge < -0.3 is 15.5 Å². The van der Waals surface area contributed by atoms with E-state index >= 15 is 0 Å². The highest BCUT2D eigenvalue weighted by Crippen LogP contribution is 2.15. The molecule has 0 bridgehead atoms. The van der Waals surface area contributed by atoms with Crippen molar-refractivity contribution in [2.24, 2.45) is 16.6 Å². The third-order valence-corrected chi connectivity index (χ3v) is 2.89. The van der Waals surface area contributed by atoms with Gasteiger partial charge in [0.15, 0.2) is 0 Å². The van der Waals surface area contributed by atoms with Gasteiger partial charge in [-0.2, -0.15) is 0 Å². The monoisotopic (exact) mass is 240 g/mol. The standard InChI is InChI=1S/C11H20N4O2/c1-9(12)13-5-11(17)14(2)6-10-3-4-15(7-10)8-16/h8,10H,3-7H2,1-2H3,(H2,12,13). The number of hydrogen-bond donors (Lipinski definition) is 1. The zero-order chi connectivity index (χ0) is 12.8. The molecule has 2 N–H and O–H groups in total. The summed E-state index contributed by atoms with van der Waals surface area (Å²) in [5.74, 6) is 0.746. The minimum absolute atomic E-state index is 0.0423. The van der Waals surface area contributed by atoms with Crippen molar-refractivity contribution in [1.29, 1.82) is 0 Å². The number of amidine groups is 1. The lowest BCUT2D eigenvalue weighted by Crippen LogP contribution is -2.34. The van der Waals surface area contributed by atoms with Gasteiger partial charge in [-0.15, -0.1) is 0 Å². The zero-order valence-corrected chi connectivity index (χ0v) is 10.4. The number of carbonyl (C=O) groups excluding carboxylic acids is 2. The van der Waals surface area contributed by atoms with Crippen LogP contribution in [0.5, 0.6) is 0 Å². The van der Waals surface area contributed by atoms with Crippen molar-refractivity contribution in [3.05, 3.63) is 0 Å². The highest BCUT2D eigenvalue weighted by molar-refractivity contribution is 5.83. The fourth-order valence-electron chi connectivity index (χ4n) is 1.91. The molecule has 0 saturated carbocycles. The summed E-state index contributed by atoms with van der Waals surface area (Å²) in [5, 5.41) is 0. The number of hydrogen-bond acceptors (Lipinski definition) is 3. The molecule has 1 unspecified atom stereocenters. The van der Waals surface area contributed by atoms with Crippen molar-refractivity contribution in [3.8, 4) is 0 Å². The summed E-state index contributed by atoms with van der Waals surface area (Å²) in [7, 11) is 1.76. The fraction of sp³-hybridized carbons (Fsp3) is 0.727. The average Bonchev–Trinajstić information content (AvgIpc) is 2.73. The van der Waals surface area contributed by atoms with Crippen molar-refractivity contribution in [3.63, 3.8) is 0 Å². The molecular weight excluding hydrogens is 220 g/mol. The van der Waals surface area contributed by atoms with Crippen LogP contribution in [0.15, 0.2) is 4.99 Å². The van der Waals surface area contributed by atoms with E-state index in [1.165, 1.54) is 0 Å². The molecule has 0 spiro atoms. The molecule has 1 rings (SSSR count). The van der Waals surface area contributed by atoms with Gasteiger partial charge in [0, 0.05) is 26.7 Å². The minimum Gasteiger partial charge on any atom is -0.388 e. The molecule has 0 aromatic rings. The van der Waals surface area contributed by atoms with Crippen molar-refractivity contribution < 1.29 is 9.59 Å². The Kier molecular flexibility index (Phi) is 4.93. The number of likely N-dealkylation sites (tertiary alicyclic amines) is 1. The molecule has 1 fully saturated rings. The predicted molar refractivity (Wildman–Crippen MR) is 65.5 cm³/mol. The van der Waals surface area contributed by atoms with E-state index in [1.54, 1.807) is 23.8 Å². The molecule has 6 heteroatoms. The number of rotatable bonds is 5. The first-order valence-electron chi connectivity index (χ1n) is 5.72. The summed E-state index contributed by atoms with van der Waals surface area (Å²) in [4.78, 5) is 29.5. The molecule has 1 atom stereocenters. The zero-order valence-electron chi connectivity index (χ0n) is 10.4. The van der Waals surface area contributed by atoms with E-state index in [4.69, 9.17) is 5.73 Å². The Morgan fingerprint density at radius 2 is 2.35 bits per heavy atom. The maximum atomic E-state index is 11.7. The SMILES string of the molecule is CC(N)=NCC(=O)N(C)CC1CCN(C=O)C1. The second-order valence-electron chi connectivity index (χ2n) is 4.49. The Hall–Kier alpha value is -1.59. The molecule has 0 radical (unpaired) electrons. The summed E-state index contributed by atoms with van der Waals surface area (Å²) >= 11 is 0. The van der Waals surface area contributed by atoms with Crippen molar-refractivity contribution >= 4 is 18.2 Å². The quantitative estimate of drug-likeness (QED) is 0.392. The summed E-state index contributed by atoms with van der Waals surface area (Å²) in [6.45, 7) is 3.95. The van der Waals surface area contributed by atoms with Crippen LogP contribution in [0.4, 0.5) is 0 Å².